The number of rotatable bonds is 3. The first kappa shape index (κ1) is 12.2. The number of carbonyl (C=O) groups is 1. The molecule has 0 radical (unpaired) electrons. The molecule has 1 aromatic heterocycles. The van der Waals surface area contributed by atoms with Crippen molar-refractivity contribution >= 4 is 17.6 Å². The topological polar surface area (TPSA) is 55.1 Å². The van der Waals surface area contributed by atoms with Crippen LogP contribution in [-0.2, 0) is 0 Å². The highest BCUT2D eigenvalue weighted by atomic mass is 35.5. The van der Waals surface area contributed by atoms with Crippen LogP contribution in [0.4, 0.5) is 0 Å². The smallest absolute Gasteiger partial charge is 0.339 e. The number of halogens is 1. The van der Waals surface area contributed by atoms with Gasteiger partial charge in [0.05, 0.1) is 17.6 Å². The lowest BCUT2D eigenvalue weighted by Gasteiger charge is -2.09. The molecule has 0 saturated heterocycles. The van der Waals surface area contributed by atoms with Gasteiger partial charge in [-0.15, -0.1) is 0 Å². The first-order valence-electron chi connectivity index (χ1n) is 6.15. The number of carboxylic acids is 1. The number of benzene rings is 1. The second-order valence-corrected chi connectivity index (χ2v) is 5.28. The molecule has 5 heteroatoms. The molecule has 0 spiro atoms. The third-order valence-electron chi connectivity index (χ3n) is 3.40. The molecule has 0 bridgehead atoms. The lowest BCUT2D eigenvalue weighted by molar-refractivity contribution is 0.0695. The van der Waals surface area contributed by atoms with Crippen molar-refractivity contribution in [1.29, 1.82) is 0 Å². The lowest BCUT2D eigenvalue weighted by atomic mass is 10.1. The van der Waals surface area contributed by atoms with Crippen molar-refractivity contribution in [2.45, 2.75) is 25.7 Å². The van der Waals surface area contributed by atoms with Crippen LogP contribution in [0, 0.1) is 6.92 Å². The van der Waals surface area contributed by atoms with E-state index >= 15 is 0 Å². The van der Waals surface area contributed by atoms with Gasteiger partial charge in [-0.05, 0) is 37.5 Å². The Kier molecular flexibility index (Phi) is 2.82. The minimum Gasteiger partial charge on any atom is -0.478 e. The summed E-state index contributed by atoms with van der Waals surface area (Å²) >= 11 is 6.12. The van der Waals surface area contributed by atoms with E-state index in [1.54, 1.807) is 4.68 Å². The largest absolute Gasteiger partial charge is 0.478 e. The summed E-state index contributed by atoms with van der Waals surface area (Å²) < 4.78 is 1.70. The summed E-state index contributed by atoms with van der Waals surface area (Å²) in [6.07, 6.45) is 3.46. The van der Waals surface area contributed by atoms with Crippen molar-refractivity contribution in [2.24, 2.45) is 0 Å². The van der Waals surface area contributed by atoms with Crippen LogP contribution in [0.25, 0.3) is 5.69 Å². The molecule has 1 N–H and O–H groups in total. The molecule has 0 aliphatic heterocycles. The number of aromatic nitrogens is 2. The van der Waals surface area contributed by atoms with Crippen molar-refractivity contribution in [3.63, 3.8) is 0 Å². The zero-order valence-electron chi connectivity index (χ0n) is 10.4. The summed E-state index contributed by atoms with van der Waals surface area (Å²) in [5, 5.41) is 14.1. The van der Waals surface area contributed by atoms with Gasteiger partial charge in [-0.1, -0.05) is 17.7 Å². The quantitative estimate of drug-likeness (QED) is 0.935. The molecule has 0 unspecified atom stereocenters. The Hall–Kier alpha value is -1.81. The number of hydrogen-bond donors (Lipinski definition) is 1. The van der Waals surface area contributed by atoms with Gasteiger partial charge in [-0.2, -0.15) is 5.10 Å². The number of hydrogen-bond acceptors (Lipinski definition) is 2. The molecule has 19 heavy (non-hydrogen) atoms. The van der Waals surface area contributed by atoms with Crippen LogP contribution in [0.1, 0.15) is 40.4 Å². The molecule has 1 aliphatic rings. The van der Waals surface area contributed by atoms with Gasteiger partial charge in [-0.3, -0.25) is 0 Å². The predicted octanol–water partition coefficient (Wildman–Crippen LogP) is 3.41. The van der Waals surface area contributed by atoms with Gasteiger partial charge in [0.15, 0.2) is 0 Å². The molecule has 4 nitrogen and oxygen atoms in total. The Balaban J connectivity index is 2.14. The first-order chi connectivity index (χ1) is 9.08. The second-order valence-electron chi connectivity index (χ2n) is 4.87. The van der Waals surface area contributed by atoms with Crippen LogP contribution in [0.3, 0.4) is 0 Å². The van der Waals surface area contributed by atoms with Crippen molar-refractivity contribution in [1.82, 2.24) is 9.78 Å². The molecule has 98 valence electrons. The highest BCUT2D eigenvalue weighted by molar-refractivity contribution is 6.31. The van der Waals surface area contributed by atoms with Crippen LogP contribution in [0.2, 0.25) is 5.02 Å². The second kappa shape index (κ2) is 4.38. The fraction of sp³-hybridized carbons (Fsp3) is 0.286. The Morgan fingerprint density at radius 1 is 1.47 bits per heavy atom. The van der Waals surface area contributed by atoms with Crippen LogP contribution in [0.5, 0.6) is 0 Å². The fourth-order valence-corrected chi connectivity index (χ4v) is 2.37. The maximum Gasteiger partial charge on any atom is 0.339 e. The SMILES string of the molecule is Cc1ccc(-n2ncc(C(=O)O)c2C2CC2)cc1Cl. The Morgan fingerprint density at radius 3 is 2.79 bits per heavy atom. The van der Waals surface area contributed by atoms with E-state index in [0.29, 0.717) is 16.5 Å². The van der Waals surface area contributed by atoms with Gasteiger partial charge in [-0.25, -0.2) is 9.48 Å². The third-order valence-corrected chi connectivity index (χ3v) is 3.81. The monoisotopic (exact) mass is 276 g/mol. The van der Waals surface area contributed by atoms with E-state index in [4.69, 9.17) is 11.6 Å². The van der Waals surface area contributed by atoms with E-state index in [2.05, 4.69) is 5.10 Å². The van der Waals surface area contributed by atoms with Crippen LogP contribution in [0.15, 0.2) is 24.4 Å². The third kappa shape index (κ3) is 2.12. The van der Waals surface area contributed by atoms with E-state index in [0.717, 1.165) is 29.8 Å². The molecule has 1 heterocycles. The Bertz CT molecular complexity index is 659. The summed E-state index contributed by atoms with van der Waals surface area (Å²) in [5.74, 6) is -0.625. The van der Waals surface area contributed by atoms with Crippen LogP contribution in [-0.4, -0.2) is 20.9 Å². The van der Waals surface area contributed by atoms with Gasteiger partial charge < -0.3 is 5.11 Å². The van der Waals surface area contributed by atoms with Gasteiger partial charge in [0.1, 0.15) is 5.56 Å². The molecule has 3 rings (SSSR count). The number of carboxylic acid groups (broad SMARTS) is 1. The van der Waals surface area contributed by atoms with E-state index in [9.17, 15) is 9.90 Å². The van der Waals surface area contributed by atoms with E-state index < -0.39 is 5.97 Å². The first-order valence-corrected chi connectivity index (χ1v) is 6.53. The zero-order chi connectivity index (χ0) is 13.6. The zero-order valence-corrected chi connectivity index (χ0v) is 11.2. The normalized spacial score (nSPS) is 14.6. The highest BCUT2D eigenvalue weighted by Gasteiger charge is 2.32. The molecule has 0 amide bonds. The fourth-order valence-electron chi connectivity index (χ4n) is 2.19. The average molecular weight is 277 g/mol. The van der Waals surface area contributed by atoms with Crippen molar-refractivity contribution in [3.8, 4) is 5.69 Å². The van der Waals surface area contributed by atoms with Gasteiger partial charge in [0, 0.05) is 10.9 Å². The molecule has 1 aliphatic carbocycles. The van der Waals surface area contributed by atoms with Crippen molar-refractivity contribution in [3.05, 3.63) is 46.2 Å². The maximum absolute atomic E-state index is 11.2. The van der Waals surface area contributed by atoms with Crippen molar-refractivity contribution in [2.75, 3.05) is 0 Å². The predicted molar refractivity (Wildman–Crippen MR) is 72.2 cm³/mol. The van der Waals surface area contributed by atoms with Gasteiger partial charge >= 0.3 is 5.97 Å². The lowest BCUT2D eigenvalue weighted by Crippen LogP contribution is -2.05. The minimum atomic E-state index is -0.925. The molecule has 1 saturated carbocycles. The molecule has 1 aromatic carbocycles. The summed E-state index contributed by atoms with van der Waals surface area (Å²) in [7, 11) is 0. The maximum atomic E-state index is 11.2. The molecule has 0 atom stereocenters. The molecular weight excluding hydrogens is 264 g/mol. The average Bonchev–Trinajstić information content (AvgIpc) is 3.11. The van der Waals surface area contributed by atoms with Crippen LogP contribution >= 0.6 is 11.6 Å². The summed E-state index contributed by atoms with van der Waals surface area (Å²) in [4.78, 5) is 11.2. The van der Waals surface area contributed by atoms with Crippen molar-refractivity contribution < 1.29 is 9.90 Å². The summed E-state index contributed by atoms with van der Waals surface area (Å²) in [6.45, 7) is 1.93. The van der Waals surface area contributed by atoms with Gasteiger partial charge in [0.25, 0.3) is 0 Å². The highest BCUT2D eigenvalue weighted by Crippen LogP contribution is 2.42. The minimum absolute atomic E-state index is 0.291. The Morgan fingerprint density at radius 2 is 2.21 bits per heavy atom. The molecule has 1 fully saturated rings. The number of nitrogens with zero attached hydrogens (tertiary/aromatic N) is 2. The molecule has 2 aromatic rings. The number of aromatic carboxylic acids is 1. The number of aryl methyl sites for hydroxylation is 1. The molecular formula is C14H13ClN2O2. The standard InChI is InChI=1S/C14H13ClN2O2/c1-8-2-5-10(6-12(8)15)17-13(9-3-4-9)11(7-16-17)14(18)19/h2,5-7,9H,3-4H2,1H3,(H,18,19). The summed E-state index contributed by atoms with van der Waals surface area (Å²) in [6, 6.07) is 5.64. The summed E-state index contributed by atoms with van der Waals surface area (Å²) in [5.41, 5.74) is 2.88. The van der Waals surface area contributed by atoms with Gasteiger partial charge in [0.2, 0.25) is 0 Å². The van der Waals surface area contributed by atoms with E-state index in [1.807, 2.05) is 25.1 Å². The Labute approximate surface area is 115 Å². The van der Waals surface area contributed by atoms with E-state index in [1.165, 1.54) is 6.20 Å². The van der Waals surface area contributed by atoms with E-state index in [-0.39, 0.29) is 0 Å². The van der Waals surface area contributed by atoms with Crippen LogP contribution < -0.4 is 0 Å².